The molecule has 29 heavy (non-hydrogen) atoms. The van der Waals surface area contributed by atoms with E-state index in [-0.39, 0.29) is 16.2 Å². The van der Waals surface area contributed by atoms with Gasteiger partial charge in [0.25, 0.3) is 5.69 Å². The highest BCUT2D eigenvalue weighted by Gasteiger charge is 2.22. The van der Waals surface area contributed by atoms with Gasteiger partial charge in [0, 0.05) is 18.7 Å². The van der Waals surface area contributed by atoms with Crippen LogP contribution in [0.4, 0.5) is 5.69 Å². The Morgan fingerprint density at radius 3 is 2.34 bits per heavy atom. The molecule has 0 heterocycles. The van der Waals surface area contributed by atoms with E-state index in [4.69, 9.17) is 4.74 Å². The number of esters is 1. The molecule has 0 aromatic heterocycles. The van der Waals surface area contributed by atoms with Gasteiger partial charge in [0.2, 0.25) is 10.0 Å². The molecule has 156 valence electrons. The van der Waals surface area contributed by atoms with Crippen molar-refractivity contribution < 1.29 is 27.6 Å². The average Bonchev–Trinajstić information content (AvgIpc) is 2.71. The SMILES string of the molecule is CCCCCNS(=O)(=O)c1ccc(Oc2ccc([N+](=O)[O-])c(C(=O)OC)c2)cc1. The number of nitro groups is 1. The molecule has 0 atom stereocenters. The Morgan fingerprint density at radius 2 is 1.76 bits per heavy atom. The molecule has 10 heteroatoms. The zero-order valence-electron chi connectivity index (χ0n) is 16.1. The summed E-state index contributed by atoms with van der Waals surface area (Å²) >= 11 is 0. The van der Waals surface area contributed by atoms with Crippen LogP contribution in [-0.4, -0.2) is 33.0 Å². The highest BCUT2D eigenvalue weighted by atomic mass is 32.2. The van der Waals surface area contributed by atoms with Gasteiger partial charge in [0.05, 0.1) is 16.9 Å². The van der Waals surface area contributed by atoms with Crippen LogP contribution in [0.5, 0.6) is 11.5 Å². The minimum absolute atomic E-state index is 0.0975. The molecule has 0 radical (unpaired) electrons. The van der Waals surface area contributed by atoms with Crippen LogP contribution in [0.1, 0.15) is 36.5 Å². The van der Waals surface area contributed by atoms with Crippen molar-refractivity contribution in [1.82, 2.24) is 4.72 Å². The Kier molecular flexibility index (Phi) is 7.68. The van der Waals surface area contributed by atoms with Crippen LogP contribution in [0.15, 0.2) is 47.4 Å². The minimum Gasteiger partial charge on any atom is -0.465 e. The molecule has 9 nitrogen and oxygen atoms in total. The monoisotopic (exact) mass is 422 g/mol. The van der Waals surface area contributed by atoms with Gasteiger partial charge in [-0.2, -0.15) is 0 Å². The number of hydrogen-bond acceptors (Lipinski definition) is 7. The number of carbonyl (C=O) groups is 1. The van der Waals surface area contributed by atoms with Crippen molar-refractivity contribution in [2.45, 2.75) is 31.1 Å². The molecule has 0 aliphatic rings. The smallest absolute Gasteiger partial charge is 0.345 e. The third kappa shape index (κ3) is 6.00. The maximum absolute atomic E-state index is 12.3. The molecular formula is C19H22N2O7S. The Balaban J connectivity index is 2.15. The molecule has 2 rings (SSSR count). The maximum Gasteiger partial charge on any atom is 0.345 e. The summed E-state index contributed by atoms with van der Waals surface area (Å²) in [7, 11) is -2.49. The Hall–Kier alpha value is -2.98. The van der Waals surface area contributed by atoms with Gasteiger partial charge in [0.1, 0.15) is 17.1 Å². The normalized spacial score (nSPS) is 11.1. The number of methoxy groups -OCH3 is 1. The van der Waals surface area contributed by atoms with E-state index in [0.29, 0.717) is 12.3 Å². The van der Waals surface area contributed by atoms with E-state index in [0.717, 1.165) is 32.4 Å². The standard InChI is InChI=1S/C19H22N2O7S/c1-3-4-5-12-20-29(25,26)16-9-6-14(7-10-16)28-15-8-11-18(21(23)24)17(13-15)19(22)27-2/h6-11,13,20H,3-5,12H2,1-2H3. The number of nitrogens with one attached hydrogen (secondary N) is 1. The number of hydrogen-bond donors (Lipinski definition) is 1. The summed E-state index contributed by atoms with van der Waals surface area (Å²) in [5.41, 5.74) is -0.648. The van der Waals surface area contributed by atoms with Crippen LogP contribution in [0.2, 0.25) is 0 Å². The van der Waals surface area contributed by atoms with E-state index in [1.165, 1.54) is 36.4 Å². The van der Waals surface area contributed by atoms with E-state index in [2.05, 4.69) is 9.46 Å². The molecule has 0 amide bonds. The second kappa shape index (κ2) is 9.99. The van der Waals surface area contributed by atoms with Gasteiger partial charge in [-0.25, -0.2) is 17.9 Å². The first kappa shape index (κ1) is 22.3. The van der Waals surface area contributed by atoms with Crippen molar-refractivity contribution in [1.29, 1.82) is 0 Å². The van der Waals surface area contributed by atoms with Gasteiger partial charge in [-0.3, -0.25) is 10.1 Å². The highest BCUT2D eigenvalue weighted by molar-refractivity contribution is 7.89. The number of sulfonamides is 1. The quantitative estimate of drug-likeness (QED) is 0.268. The lowest BCUT2D eigenvalue weighted by molar-refractivity contribution is -0.385. The highest BCUT2D eigenvalue weighted by Crippen LogP contribution is 2.28. The van der Waals surface area contributed by atoms with E-state index in [9.17, 15) is 23.3 Å². The van der Waals surface area contributed by atoms with E-state index in [1.54, 1.807) is 0 Å². The zero-order chi connectivity index (χ0) is 21.4. The third-order valence-electron chi connectivity index (χ3n) is 4.01. The largest absolute Gasteiger partial charge is 0.465 e. The number of nitro benzene ring substituents is 1. The van der Waals surface area contributed by atoms with Crippen molar-refractivity contribution >= 4 is 21.7 Å². The number of carbonyl (C=O) groups excluding carboxylic acids is 1. The van der Waals surface area contributed by atoms with Crippen LogP contribution in [0, 0.1) is 10.1 Å². The Labute approximate surface area is 168 Å². The molecule has 0 saturated carbocycles. The van der Waals surface area contributed by atoms with Crippen LogP contribution in [0.3, 0.4) is 0 Å². The molecular weight excluding hydrogens is 400 g/mol. The van der Waals surface area contributed by atoms with Crippen molar-refractivity contribution in [2.24, 2.45) is 0 Å². The molecule has 0 fully saturated rings. The van der Waals surface area contributed by atoms with Crippen molar-refractivity contribution in [2.75, 3.05) is 13.7 Å². The average molecular weight is 422 g/mol. The van der Waals surface area contributed by atoms with Gasteiger partial charge in [-0.1, -0.05) is 19.8 Å². The van der Waals surface area contributed by atoms with Crippen molar-refractivity contribution in [3.05, 3.63) is 58.1 Å². The van der Waals surface area contributed by atoms with Crippen molar-refractivity contribution in [3.8, 4) is 11.5 Å². The van der Waals surface area contributed by atoms with Crippen LogP contribution < -0.4 is 9.46 Å². The fourth-order valence-corrected chi connectivity index (χ4v) is 3.57. The number of unbranched alkanes of at least 4 members (excludes halogenated alkanes) is 2. The predicted octanol–water partition coefficient (Wildman–Crippen LogP) is 3.64. The van der Waals surface area contributed by atoms with Crippen LogP contribution in [-0.2, 0) is 14.8 Å². The summed E-state index contributed by atoms with van der Waals surface area (Å²) < 4.78 is 37.2. The number of nitrogens with zero attached hydrogens (tertiary/aromatic N) is 1. The molecule has 0 spiro atoms. The molecule has 0 aliphatic carbocycles. The molecule has 2 aromatic rings. The summed E-state index contributed by atoms with van der Waals surface area (Å²) in [4.78, 5) is 22.2. The molecule has 1 N–H and O–H groups in total. The maximum atomic E-state index is 12.3. The molecule has 0 bridgehead atoms. The van der Waals surface area contributed by atoms with E-state index in [1.807, 2.05) is 6.92 Å². The fraction of sp³-hybridized carbons (Fsp3) is 0.316. The van der Waals surface area contributed by atoms with Gasteiger partial charge in [-0.15, -0.1) is 0 Å². The lowest BCUT2D eigenvalue weighted by atomic mass is 10.1. The van der Waals surface area contributed by atoms with Gasteiger partial charge < -0.3 is 9.47 Å². The fourth-order valence-electron chi connectivity index (χ4n) is 2.50. The van der Waals surface area contributed by atoms with Gasteiger partial charge in [-0.05, 0) is 36.8 Å². The second-order valence-electron chi connectivity index (χ2n) is 6.11. The van der Waals surface area contributed by atoms with Crippen LogP contribution in [0.25, 0.3) is 0 Å². The first-order valence-corrected chi connectivity index (χ1v) is 10.4. The summed E-state index contributed by atoms with van der Waals surface area (Å²) in [6.45, 7) is 2.40. The summed E-state index contributed by atoms with van der Waals surface area (Å²) in [6, 6.07) is 9.38. The van der Waals surface area contributed by atoms with Crippen LogP contribution >= 0.6 is 0 Å². The number of rotatable bonds is 10. The number of ether oxygens (including phenoxy) is 2. The second-order valence-corrected chi connectivity index (χ2v) is 7.87. The summed E-state index contributed by atoms with van der Waals surface area (Å²) in [5.74, 6) is -0.387. The lowest BCUT2D eigenvalue weighted by Crippen LogP contribution is -2.24. The summed E-state index contributed by atoms with van der Waals surface area (Å²) in [6.07, 6.45) is 2.70. The minimum atomic E-state index is -3.61. The Bertz CT molecular complexity index is 973. The zero-order valence-corrected chi connectivity index (χ0v) is 16.9. The molecule has 0 saturated heterocycles. The lowest BCUT2D eigenvalue weighted by Gasteiger charge is -2.09. The molecule has 2 aromatic carbocycles. The summed E-state index contributed by atoms with van der Waals surface area (Å²) in [5, 5.41) is 11.0. The Morgan fingerprint density at radius 1 is 1.10 bits per heavy atom. The molecule has 0 aliphatic heterocycles. The van der Waals surface area contributed by atoms with Crippen molar-refractivity contribution in [3.63, 3.8) is 0 Å². The third-order valence-corrected chi connectivity index (χ3v) is 5.49. The van der Waals surface area contributed by atoms with E-state index >= 15 is 0 Å². The predicted molar refractivity (Wildman–Crippen MR) is 106 cm³/mol. The first-order chi connectivity index (χ1) is 13.8. The topological polar surface area (TPSA) is 125 Å². The van der Waals surface area contributed by atoms with Gasteiger partial charge in [0.15, 0.2) is 0 Å². The van der Waals surface area contributed by atoms with E-state index < -0.39 is 26.6 Å². The molecule has 0 unspecified atom stereocenters. The first-order valence-electron chi connectivity index (χ1n) is 8.93. The van der Waals surface area contributed by atoms with Gasteiger partial charge >= 0.3 is 5.97 Å². The number of benzene rings is 2.